The van der Waals surface area contributed by atoms with Crippen molar-refractivity contribution in [3.8, 4) is 0 Å². The Kier molecular flexibility index (Phi) is 4.74. The van der Waals surface area contributed by atoms with E-state index in [9.17, 15) is 9.90 Å². The number of para-hydroxylation sites is 2. The Balaban J connectivity index is 2.15. The van der Waals surface area contributed by atoms with Gasteiger partial charge in [-0.2, -0.15) is 0 Å². The molecule has 1 atom stereocenters. The molecule has 0 aliphatic rings. The zero-order valence-electron chi connectivity index (χ0n) is 11.0. The first-order chi connectivity index (χ1) is 9.66. The zero-order chi connectivity index (χ0) is 14.4. The third-order valence-electron chi connectivity index (χ3n) is 3.00. The van der Waals surface area contributed by atoms with Crippen molar-refractivity contribution in [2.45, 2.75) is 18.9 Å². The van der Waals surface area contributed by atoms with Gasteiger partial charge in [-0.15, -0.1) is 0 Å². The summed E-state index contributed by atoms with van der Waals surface area (Å²) in [5.41, 5.74) is 2.42. The first-order valence-corrected chi connectivity index (χ1v) is 6.47. The van der Waals surface area contributed by atoms with E-state index in [1.54, 1.807) is 6.07 Å². The van der Waals surface area contributed by atoms with Crippen molar-refractivity contribution in [2.24, 2.45) is 0 Å². The minimum Gasteiger partial charge on any atom is -0.481 e. The van der Waals surface area contributed by atoms with Crippen LogP contribution in [0.5, 0.6) is 0 Å². The molecule has 1 unspecified atom stereocenters. The van der Waals surface area contributed by atoms with E-state index in [1.165, 1.54) is 0 Å². The fraction of sp³-hybridized carbons (Fsp3) is 0.188. The van der Waals surface area contributed by atoms with E-state index in [0.717, 1.165) is 11.4 Å². The van der Waals surface area contributed by atoms with Crippen LogP contribution in [0.4, 0.5) is 11.4 Å². The minimum atomic E-state index is -0.905. The fourth-order valence-electron chi connectivity index (χ4n) is 1.99. The van der Waals surface area contributed by atoms with Gasteiger partial charge in [-0.05, 0) is 24.6 Å². The van der Waals surface area contributed by atoms with E-state index in [0.29, 0.717) is 5.56 Å². The summed E-state index contributed by atoms with van der Waals surface area (Å²) in [6.45, 7) is 0. The standard InChI is InChI=1S/C16H17NO3/c18-15(10-11-16(19)20)13-8-4-5-9-14(13)17-12-6-2-1-3-7-12/h1-9,15,17-18H,10-11H2,(H,19,20). The fourth-order valence-corrected chi connectivity index (χ4v) is 1.99. The molecule has 0 amide bonds. The van der Waals surface area contributed by atoms with Gasteiger partial charge in [-0.1, -0.05) is 36.4 Å². The van der Waals surface area contributed by atoms with Gasteiger partial charge in [0.1, 0.15) is 0 Å². The molecule has 0 aliphatic carbocycles. The van der Waals surface area contributed by atoms with Crippen molar-refractivity contribution in [1.29, 1.82) is 0 Å². The normalized spacial score (nSPS) is 11.8. The second-order valence-corrected chi connectivity index (χ2v) is 4.53. The molecular weight excluding hydrogens is 254 g/mol. The molecule has 0 bridgehead atoms. The lowest BCUT2D eigenvalue weighted by atomic mass is 10.0. The van der Waals surface area contributed by atoms with Crippen molar-refractivity contribution >= 4 is 17.3 Å². The maximum atomic E-state index is 10.6. The van der Waals surface area contributed by atoms with E-state index in [1.807, 2.05) is 48.5 Å². The number of aliphatic carboxylic acids is 1. The van der Waals surface area contributed by atoms with Gasteiger partial charge < -0.3 is 15.5 Å². The van der Waals surface area contributed by atoms with Gasteiger partial charge in [-0.25, -0.2) is 0 Å². The number of anilines is 2. The van der Waals surface area contributed by atoms with Gasteiger partial charge >= 0.3 is 5.97 Å². The van der Waals surface area contributed by atoms with Crippen LogP contribution in [0.1, 0.15) is 24.5 Å². The number of carbonyl (C=O) groups is 1. The summed E-state index contributed by atoms with van der Waals surface area (Å²) < 4.78 is 0. The molecule has 3 N–H and O–H groups in total. The largest absolute Gasteiger partial charge is 0.481 e. The highest BCUT2D eigenvalue weighted by Gasteiger charge is 2.13. The molecule has 2 rings (SSSR count). The Morgan fingerprint density at radius 3 is 2.40 bits per heavy atom. The number of hydrogen-bond acceptors (Lipinski definition) is 3. The molecule has 2 aromatic rings. The van der Waals surface area contributed by atoms with E-state index in [4.69, 9.17) is 5.11 Å². The van der Waals surface area contributed by atoms with Crippen molar-refractivity contribution in [3.63, 3.8) is 0 Å². The first kappa shape index (κ1) is 14.1. The second kappa shape index (κ2) is 6.73. The lowest BCUT2D eigenvalue weighted by molar-refractivity contribution is -0.137. The third-order valence-corrected chi connectivity index (χ3v) is 3.00. The predicted octanol–water partition coefficient (Wildman–Crippen LogP) is 3.33. The zero-order valence-corrected chi connectivity index (χ0v) is 11.0. The number of rotatable bonds is 6. The smallest absolute Gasteiger partial charge is 0.303 e. The third kappa shape index (κ3) is 3.83. The summed E-state index contributed by atoms with van der Waals surface area (Å²) in [7, 11) is 0. The quantitative estimate of drug-likeness (QED) is 0.753. The molecule has 104 valence electrons. The molecule has 0 heterocycles. The van der Waals surface area contributed by atoms with Crippen molar-refractivity contribution in [2.75, 3.05) is 5.32 Å². The Morgan fingerprint density at radius 2 is 1.70 bits per heavy atom. The van der Waals surface area contributed by atoms with Crippen LogP contribution in [-0.4, -0.2) is 16.2 Å². The maximum absolute atomic E-state index is 10.6. The SMILES string of the molecule is O=C(O)CCC(O)c1ccccc1Nc1ccccc1. The van der Waals surface area contributed by atoms with Gasteiger partial charge in [0.05, 0.1) is 6.10 Å². The maximum Gasteiger partial charge on any atom is 0.303 e. The highest BCUT2D eigenvalue weighted by atomic mass is 16.4. The Hall–Kier alpha value is -2.33. The number of carboxylic acids is 1. The van der Waals surface area contributed by atoms with Crippen molar-refractivity contribution in [3.05, 3.63) is 60.2 Å². The van der Waals surface area contributed by atoms with Crippen LogP contribution < -0.4 is 5.32 Å². The molecule has 2 aromatic carbocycles. The lowest BCUT2D eigenvalue weighted by Gasteiger charge is -2.16. The van der Waals surface area contributed by atoms with Crippen LogP contribution in [-0.2, 0) is 4.79 Å². The van der Waals surface area contributed by atoms with Gasteiger partial charge in [-0.3, -0.25) is 4.79 Å². The molecule has 20 heavy (non-hydrogen) atoms. The second-order valence-electron chi connectivity index (χ2n) is 4.53. The molecule has 0 saturated carbocycles. The highest BCUT2D eigenvalue weighted by molar-refractivity contribution is 5.67. The van der Waals surface area contributed by atoms with Crippen molar-refractivity contribution in [1.82, 2.24) is 0 Å². The number of aliphatic hydroxyl groups is 1. The van der Waals surface area contributed by atoms with E-state index >= 15 is 0 Å². The van der Waals surface area contributed by atoms with Gasteiger partial charge in [0.2, 0.25) is 0 Å². The van der Waals surface area contributed by atoms with E-state index in [2.05, 4.69) is 5.32 Å². The first-order valence-electron chi connectivity index (χ1n) is 6.47. The Labute approximate surface area is 117 Å². The lowest BCUT2D eigenvalue weighted by Crippen LogP contribution is -2.05. The van der Waals surface area contributed by atoms with E-state index < -0.39 is 12.1 Å². The average molecular weight is 271 g/mol. The van der Waals surface area contributed by atoms with Crippen LogP contribution in [0.2, 0.25) is 0 Å². The van der Waals surface area contributed by atoms with Crippen LogP contribution in [0.3, 0.4) is 0 Å². The molecule has 4 heteroatoms. The predicted molar refractivity (Wildman–Crippen MR) is 78.0 cm³/mol. The molecule has 0 radical (unpaired) electrons. The summed E-state index contributed by atoms with van der Waals surface area (Å²) in [4.78, 5) is 10.6. The van der Waals surface area contributed by atoms with Crippen LogP contribution in [0.25, 0.3) is 0 Å². The van der Waals surface area contributed by atoms with E-state index in [-0.39, 0.29) is 12.8 Å². The molecule has 0 saturated heterocycles. The summed E-state index contributed by atoms with van der Waals surface area (Å²) in [5.74, 6) is -0.905. The Morgan fingerprint density at radius 1 is 1.05 bits per heavy atom. The average Bonchev–Trinajstić information content (AvgIpc) is 2.46. The minimum absolute atomic E-state index is 0.0547. The van der Waals surface area contributed by atoms with Crippen molar-refractivity contribution < 1.29 is 15.0 Å². The number of hydrogen-bond donors (Lipinski definition) is 3. The Bertz CT molecular complexity index is 569. The number of benzene rings is 2. The number of aliphatic hydroxyl groups excluding tert-OH is 1. The molecule has 0 fully saturated rings. The van der Waals surface area contributed by atoms with Crippen LogP contribution in [0, 0.1) is 0 Å². The topological polar surface area (TPSA) is 69.6 Å². The van der Waals surface area contributed by atoms with Gasteiger partial charge in [0.25, 0.3) is 0 Å². The summed E-state index contributed by atoms with van der Waals surface area (Å²) >= 11 is 0. The molecule has 0 spiro atoms. The number of carboxylic acid groups (broad SMARTS) is 1. The van der Waals surface area contributed by atoms with Crippen LogP contribution in [0.15, 0.2) is 54.6 Å². The van der Waals surface area contributed by atoms with Gasteiger partial charge in [0.15, 0.2) is 0 Å². The van der Waals surface area contributed by atoms with Gasteiger partial charge in [0, 0.05) is 23.4 Å². The van der Waals surface area contributed by atoms with Crippen LogP contribution >= 0.6 is 0 Å². The molecular formula is C16H17NO3. The summed E-state index contributed by atoms with van der Waals surface area (Å²) in [6.07, 6.45) is -0.651. The monoisotopic (exact) mass is 271 g/mol. The molecule has 4 nitrogen and oxygen atoms in total. The molecule has 0 aromatic heterocycles. The number of nitrogens with one attached hydrogen (secondary N) is 1. The molecule has 0 aliphatic heterocycles. The highest BCUT2D eigenvalue weighted by Crippen LogP contribution is 2.28. The summed E-state index contributed by atoms with van der Waals surface area (Å²) in [6, 6.07) is 17.0. The summed E-state index contributed by atoms with van der Waals surface area (Å²) in [5, 5.41) is 22.0.